The highest BCUT2D eigenvalue weighted by Gasteiger charge is 2.35. The lowest BCUT2D eigenvalue weighted by Gasteiger charge is -2.37. The lowest BCUT2D eigenvalue weighted by Crippen LogP contribution is -2.46. The number of hydrogen-bond donors (Lipinski definition) is 3. The average Bonchev–Trinajstić information content (AvgIpc) is 2.96. The van der Waals surface area contributed by atoms with E-state index in [-0.39, 0.29) is 13.3 Å². The van der Waals surface area contributed by atoms with E-state index in [1.165, 1.54) is 0 Å². The topological polar surface area (TPSA) is 68.8 Å². The van der Waals surface area contributed by atoms with E-state index in [0.717, 1.165) is 28.9 Å². The van der Waals surface area contributed by atoms with Gasteiger partial charge >= 0.3 is 0 Å². The molecule has 3 aromatic carbocycles. The zero-order valence-electron chi connectivity index (χ0n) is 21.5. The van der Waals surface area contributed by atoms with Crippen molar-refractivity contribution in [2.24, 2.45) is 0 Å². The molecule has 38 heavy (non-hydrogen) atoms. The molecule has 0 aliphatic heterocycles. The summed E-state index contributed by atoms with van der Waals surface area (Å²) in [5, 5.41) is 6.64. The number of rotatable bonds is 17. The van der Waals surface area contributed by atoms with Crippen molar-refractivity contribution >= 4 is 18.5 Å². The molecule has 0 atom stereocenters. The predicted molar refractivity (Wildman–Crippen MR) is 158 cm³/mol. The third-order valence-electron chi connectivity index (χ3n) is 6.08. The van der Waals surface area contributed by atoms with E-state index < -0.39 is 5.54 Å². The Morgan fingerprint density at radius 1 is 0.763 bits per heavy atom. The molecular weight excluding hydrogens is 496 g/mol. The quantitative estimate of drug-likeness (QED) is 0.127. The zero-order chi connectivity index (χ0) is 26.2. The highest BCUT2D eigenvalue weighted by molar-refractivity contribution is 7.80. The zero-order valence-corrected chi connectivity index (χ0v) is 22.4. The van der Waals surface area contributed by atoms with Gasteiger partial charge in [0.2, 0.25) is 5.91 Å². The third-order valence-corrected chi connectivity index (χ3v) is 6.39. The minimum Gasteiger partial charge on any atom is -0.497 e. The third kappa shape index (κ3) is 9.17. The van der Waals surface area contributed by atoms with E-state index in [4.69, 9.17) is 14.2 Å². The molecule has 0 bridgehead atoms. The first-order valence-corrected chi connectivity index (χ1v) is 13.4. The maximum Gasteiger partial charge on any atom is 0.220 e. The lowest BCUT2D eigenvalue weighted by atomic mass is 9.77. The van der Waals surface area contributed by atoms with Crippen LogP contribution < -0.4 is 15.4 Å². The summed E-state index contributed by atoms with van der Waals surface area (Å²) in [6.45, 7) is 3.11. The van der Waals surface area contributed by atoms with Crippen LogP contribution in [0.4, 0.5) is 0 Å². The second kappa shape index (κ2) is 17.6. The predicted octanol–water partition coefficient (Wildman–Crippen LogP) is 5.07. The molecule has 0 unspecified atom stereocenters. The number of methoxy groups -OCH3 is 1. The van der Waals surface area contributed by atoms with Crippen molar-refractivity contribution in [2.75, 3.05) is 52.4 Å². The molecule has 0 aliphatic carbocycles. The first-order valence-electron chi connectivity index (χ1n) is 12.7. The maximum absolute atomic E-state index is 11.6. The molecule has 206 valence electrons. The molecule has 6 nitrogen and oxygen atoms in total. The molecule has 0 saturated heterocycles. The van der Waals surface area contributed by atoms with E-state index in [1.807, 2.05) is 24.3 Å². The van der Waals surface area contributed by atoms with E-state index in [1.54, 1.807) is 7.11 Å². The highest BCUT2D eigenvalue weighted by Crippen LogP contribution is 2.37. The van der Waals surface area contributed by atoms with Crippen LogP contribution >= 0.6 is 12.6 Å². The molecule has 1 amide bonds. The summed E-state index contributed by atoms with van der Waals surface area (Å²) in [5.74, 6) is 1.57. The second-order valence-corrected chi connectivity index (χ2v) is 8.99. The highest BCUT2D eigenvalue weighted by atomic mass is 32.1. The van der Waals surface area contributed by atoms with Gasteiger partial charge in [0, 0.05) is 19.5 Å². The minimum absolute atomic E-state index is 0. The second-order valence-electron chi connectivity index (χ2n) is 8.54. The van der Waals surface area contributed by atoms with Gasteiger partial charge in [-0.2, -0.15) is 12.6 Å². The fourth-order valence-corrected chi connectivity index (χ4v) is 4.40. The molecule has 0 fully saturated rings. The summed E-state index contributed by atoms with van der Waals surface area (Å²) in [6.07, 6.45) is 1.29. The number of benzene rings is 3. The molecule has 0 saturated carbocycles. The lowest BCUT2D eigenvalue weighted by molar-refractivity contribution is -0.121. The fourth-order valence-electron chi connectivity index (χ4n) is 4.25. The molecule has 0 heterocycles. The van der Waals surface area contributed by atoms with Crippen LogP contribution in [0, 0.1) is 0 Å². The summed E-state index contributed by atoms with van der Waals surface area (Å²) >= 11 is 4.12. The van der Waals surface area contributed by atoms with Gasteiger partial charge in [-0.3, -0.25) is 10.1 Å². The van der Waals surface area contributed by atoms with E-state index in [2.05, 4.69) is 83.9 Å². The molecule has 7 heteroatoms. The number of carbonyl (C=O) groups is 1. The Bertz CT molecular complexity index is 993. The number of amides is 1. The Hall–Kier alpha value is -2.84. The van der Waals surface area contributed by atoms with Crippen molar-refractivity contribution in [3.05, 3.63) is 102 Å². The van der Waals surface area contributed by atoms with Crippen LogP contribution in [0.25, 0.3) is 0 Å². The monoisotopic (exact) mass is 538 g/mol. The van der Waals surface area contributed by atoms with Gasteiger partial charge in [0.25, 0.3) is 0 Å². The molecule has 3 aromatic rings. The minimum atomic E-state index is -0.556. The number of thiol groups is 1. The normalized spacial score (nSPS) is 11.0. The summed E-state index contributed by atoms with van der Waals surface area (Å²) in [7, 11) is 1.68. The smallest absolute Gasteiger partial charge is 0.220 e. The molecular formula is C31H42N2O4S. The maximum atomic E-state index is 11.6. The van der Waals surface area contributed by atoms with Gasteiger partial charge in [0.1, 0.15) is 5.75 Å². The largest absolute Gasteiger partial charge is 0.497 e. The van der Waals surface area contributed by atoms with Crippen LogP contribution in [0.3, 0.4) is 0 Å². The van der Waals surface area contributed by atoms with Crippen LogP contribution in [0.5, 0.6) is 5.75 Å². The summed E-state index contributed by atoms with van der Waals surface area (Å²) in [5.41, 5.74) is 2.85. The average molecular weight is 539 g/mol. The van der Waals surface area contributed by atoms with Gasteiger partial charge in [0.15, 0.2) is 0 Å². The van der Waals surface area contributed by atoms with Crippen molar-refractivity contribution in [1.82, 2.24) is 10.6 Å². The summed E-state index contributed by atoms with van der Waals surface area (Å²) < 4.78 is 16.8. The van der Waals surface area contributed by atoms with Crippen LogP contribution in [0.1, 0.15) is 37.0 Å². The standard InChI is InChI=1S/C30H38N2O4S.CH4/c1-34-28-16-14-27(15-17-28)30(25-9-4-2-5-10-25,26-11-6-3-7-12-26)32-19-21-36-23-22-35-20-18-31-29(33)13-8-24-37;/h2-7,9-12,14-17,32,37H,8,13,18-24H2,1H3,(H,31,33);1H4. The van der Waals surface area contributed by atoms with Gasteiger partial charge < -0.3 is 19.5 Å². The first kappa shape index (κ1) is 31.4. The van der Waals surface area contributed by atoms with Crippen molar-refractivity contribution in [2.45, 2.75) is 25.8 Å². The van der Waals surface area contributed by atoms with E-state index in [9.17, 15) is 4.79 Å². The molecule has 0 aliphatic rings. The molecule has 2 N–H and O–H groups in total. The summed E-state index contributed by atoms with van der Waals surface area (Å²) in [6, 6.07) is 29.1. The van der Waals surface area contributed by atoms with Crippen LogP contribution in [0.2, 0.25) is 0 Å². The Morgan fingerprint density at radius 3 is 1.82 bits per heavy atom. The number of ether oxygens (including phenoxy) is 3. The van der Waals surface area contributed by atoms with Gasteiger partial charge in [-0.15, -0.1) is 0 Å². The van der Waals surface area contributed by atoms with E-state index >= 15 is 0 Å². The van der Waals surface area contributed by atoms with Crippen LogP contribution in [-0.2, 0) is 19.8 Å². The van der Waals surface area contributed by atoms with Crippen molar-refractivity contribution in [3.63, 3.8) is 0 Å². The van der Waals surface area contributed by atoms with Crippen molar-refractivity contribution in [3.8, 4) is 5.75 Å². The first-order chi connectivity index (χ1) is 18.2. The van der Waals surface area contributed by atoms with Crippen LogP contribution in [-0.4, -0.2) is 58.3 Å². The van der Waals surface area contributed by atoms with Gasteiger partial charge in [0.05, 0.1) is 39.1 Å². The van der Waals surface area contributed by atoms with Gasteiger partial charge in [-0.05, 0) is 41.0 Å². The summed E-state index contributed by atoms with van der Waals surface area (Å²) in [4.78, 5) is 11.6. The molecule has 0 radical (unpaired) electrons. The molecule has 0 aromatic heterocycles. The SMILES string of the molecule is C.COc1ccc(C(NCCOCCOCCNC(=O)CCCS)(c2ccccc2)c2ccccc2)cc1. The van der Waals surface area contributed by atoms with Crippen molar-refractivity contribution < 1.29 is 19.0 Å². The Labute approximate surface area is 233 Å². The number of carbonyl (C=O) groups excluding carboxylic acids is 1. The van der Waals surface area contributed by atoms with Gasteiger partial charge in [-0.25, -0.2) is 0 Å². The fraction of sp³-hybridized carbons (Fsp3) is 0.387. The Balaban J connectivity index is 0.00000507. The van der Waals surface area contributed by atoms with Gasteiger partial charge in [-0.1, -0.05) is 80.2 Å². The van der Waals surface area contributed by atoms with Crippen molar-refractivity contribution in [1.29, 1.82) is 0 Å². The molecule has 0 spiro atoms. The molecule has 3 rings (SSSR count). The Kier molecular flexibility index (Phi) is 14.6. The Morgan fingerprint density at radius 2 is 1.29 bits per heavy atom. The number of hydrogen-bond acceptors (Lipinski definition) is 6. The van der Waals surface area contributed by atoms with Crippen LogP contribution in [0.15, 0.2) is 84.9 Å². The van der Waals surface area contributed by atoms with E-state index in [0.29, 0.717) is 51.7 Å². The number of nitrogens with one attached hydrogen (secondary N) is 2.